The Morgan fingerprint density at radius 1 is 1.31 bits per heavy atom. The van der Waals surface area contributed by atoms with Crippen molar-refractivity contribution in [3.63, 3.8) is 0 Å². The molecule has 86 valence electrons. The highest BCUT2D eigenvalue weighted by Crippen LogP contribution is 2.19. The van der Waals surface area contributed by atoms with Crippen LogP contribution in [0.2, 0.25) is 0 Å². The van der Waals surface area contributed by atoms with Crippen LogP contribution in [0.15, 0.2) is 18.2 Å². The third-order valence-corrected chi connectivity index (χ3v) is 2.98. The van der Waals surface area contributed by atoms with Gasteiger partial charge >= 0.3 is 0 Å². The number of carbonyl (C=O) groups is 1. The summed E-state index contributed by atoms with van der Waals surface area (Å²) >= 11 is 0. The van der Waals surface area contributed by atoms with Crippen molar-refractivity contribution in [2.45, 2.75) is 39.2 Å². The fraction of sp³-hybridized carbons (Fsp3) is 0.500. The molecule has 1 saturated heterocycles. The van der Waals surface area contributed by atoms with Gasteiger partial charge in [-0.05, 0) is 38.8 Å². The highest BCUT2D eigenvalue weighted by Gasteiger charge is 2.19. The summed E-state index contributed by atoms with van der Waals surface area (Å²) < 4.78 is 5.48. The Hall–Kier alpha value is -1.15. The lowest BCUT2D eigenvalue weighted by Crippen LogP contribution is -2.12. The zero-order chi connectivity index (χ0) is 11.5. The molecule has 2 heteroatoms. The maximum atomic E-state index is 12.0. The molecule has 1 aromatic rings. The van der Waals surface area contributed by atoms with Crippen molar-refractivity contribution in [1.29, 1.82) is 0 Å². The minimum absolute atomic E-state index is 0.147. The fourth-order valence-electron chi connectivity index (χ4n) is 2.27. The summed E-state index contributed by atoms with van der Waals surface area (Å²) in [6.07, 6.45) is 2.79. The van der Waals surface area contributed by atoms with Crippen LogP contribution in [0.4, 0.5) is 0 Å². The number of aryl methyl sites for hydroxylation is 2. The van der Waals surface area contributed by atoms with E-state index >= 15 is 0 Å². The van der Waals surface area contributed by atoms with Crippen molar-refractivity contribution >= 4 is 5.78 Å². The molecule has 16 heavy (non-hydrogen) atoms. The molecule has 0 saturated carbocycles. The van der Waals surface area contributed by atoms with Gasteiger partial charge in [0, 0.05) is 18.6 Å². The second-order valence-corrected chi connectivity index (χ2v) is 4.64. The van der Waals surface area contributed by atoms with Crippen LogP contribution in [-0.4, -0.2) is 18.5 Å². The lowest BCUT2D eigenvalue weighted by atomic mass is 10.00. The SMILES string of the molecule is Cc1cc(C)cc(C(=O)CC2CCCO2)c1. The third-order valence-electron chi connectivity index (χ3n) is 2.98. The molecule has 0 spiro atoms. The Kier molecular flexibility index (Phi) is 3.39. The Morgan fingerprint density at radius 2 is 2.00 bits per heavy atom. The number of ketones is 1. The van der Waals surface area contributed by atoms with Gasteiger partial charge in [0.15, 0.2) is 5.78 Å². The van der Waals surface area contributed by atoms with Gasteiger partial charge in [0.1, 0.15) is 0 Å². The first-order valence-electron chi connectivity index (χ1n) is 5.88. The Balaban J connectivity index is 2.07. The van der Waals surface area contributed by atoms with Gasteiger partial charge in [0.25, 0.3) is 0 Å². The lowest BCUT2D eigenvalue weighted by molar-refractivity contribution is 0.0775. The second-order valence-electron chi connectivity index (χ2n) is 4.64. The van der Waals surface area contributed by atoms with Crippen molar-refractivity contribution in [3.8, 4) is 0 Å². The zero-order valence-electron chi connectivity index (χ0n) is 9.95. The number of hydrogen-bond acceptors (Lipinski definition) is 2. The van der Waals surface area contributed by atoms with E-state index in [0.717, 1.165) is 36.1 Å². The first-order valence-corrected chi connectivity index (χ1v) is 5.88. The van der Waals surface area contributed by atoms with Crippen molar-refractivity contribution < 1.29 is 9.53 Å². The van der Waals surface area contributed by atoms with E-state index < -0.39 is 0 Å². The standard InChI is InChI=1S/C14H18O2/c1-10-6-11(2)8-12(7-10)14(15)9-13-4-3-5-16-13/h6-8,13H,3-5,9H2,1-2H3. The van der Waals surface area contributed by atoms with Crippen LogP contribution in [0.5, 0.6) is 0 Å². The maximum Gasteiger partial charge on any atom is 0.165 e. The van der Waals surface area contributed by atoms with Gasteiger partial charge in [0.2, 0.25) is 0 Å². The van der Waals surface area contributed by atoms with Gasteiger partial charge in [-0.15, -0.1) is 0 Å². The summed E-state index contributed by atoms with van der Waals surface area (Å²) in [4.78, 5) is 12.0. The molecule has 1 fully saturated rings. The molecule has 0 amide bonds. The number of carbonyl (C=O) groups excluding carboxylic acids is 1. The predicted molar refractivity (Wildman–Crippen MR) is 63.8 cm³/mol. The van der Waals surface area contributed by atoms with Gasteiger partial charge in [0.05, 0.1) is 6.10 Å². The monoisotopic (exact) mass is 218 g/mol. The molecular formula is C14H18O2. The van der Waals surface area contributed by atoms with Crippen LogP contribution in [0, 0.1) is 13.8 Å². The number of rotatable bonds is 3. The van der Waals surface area contributed by atoms with Crippen molar-refractivity contribution in [1.82, 2.24) is 0 Å². The number of Topliss-reactive ketones (excluding diaryl/α,β-unsaturated/α-hetero) is 1. The molecule has 0 aliphatic carbocycles. The minimum atomic E-state index is 0.147. The summed E-state index contributed by atoms with van der Waals surface area (Å²) in [5, 5.41) is 0. The van der Waals surface area contributed by atoms with E-state index in [9.17, 15) is 4.79 Å². The van der Waals surface area contributed by atoms with E-state index in [4.69, 9.17) is 4.74 Å². The van der Waals surface area contributed by atoms with Crippen LogP contribution in [-0.2, 0) is 4.74 Å². The van der Waals surface area contributed by atoms with Crippen molar-refractivity contribution in [2.24, 2.45) is 0 Å². The van der Waals surface area contributed by atoms with Crippen LogP contribution >= 0.6 is 0 Å². The second kappa shape index (κ2) is 4.79. The van der Waals surface area contributed by atoms with Gasteiger partial charge in [-0.3, -0.25) is 4.79 Å². The van der Waals surface area contributed by atoms with Gasteiger partial charge in [-0.25, -0.2) is 0 Å². The number of hydrogen-bond donors (Lipinski definition) is 0. The van der Waals surface area contributed by atoms with Crippen LogP contribution in [0.3, 0.4) is 0 Å². The predicted octanol–water partition coefficient (Wildman–Crippen LogP) is 3.06. The molecule has 0 aromatic heterocycles. The fourth-order valence-corrected chi connectivity index (χ4v) is 2.27. The zero-order valence-corrected chi connectivity index (χ0v) is 9.95. The third kappa shape index (κ3) is 2.70. The highest BCUT2D eigenvalue weighted by molar-refractivity contribution is 5.96. The molecule has 1 unspecified atom stereocenters. The first-order chi connectivity index (χ1) is 7.65. The highest BCUT2D eigenvalue weighted by atomic mass is 16.5. The van der Waals surface area contributed by atoms with Crippen LogP contribution in [0.25, 0.3) is 0 Å². The maximum absolute atomic E-state index is 12.0. The topological polar surface area (TPSA) is 26.3 Å². The molecule has 1 aliphatic rings. The summed E-state index contributed by atoms with van der Waals surface area (Å²) in [5.41, 5.74) is 3.12. The summed E-state index contributed by atoms with van der Waals surface area (Å²) in [6, 6.07) is 6.01. The van der Waals surface area contributed by atoms with E-state index in [1.807, 2.05) is 26.0 Å². The van der Waals surface area contributed by atoms with E-state index in [-0.39, 0.29) is 11.9 Å². The lowest BCUT2D eigenvalue weighted by Gasteiger charge is -2.09. The molecule has 1 atom stereocenters. The van der Waals surface area contributed by atoms with E-state index in [0.29, 0.717) is 6.42 Å². The molecule has 0 N–H and O–H groups in total. The molecule has 0 bridgehead atoms. The molecular weight excluding hydrogens is 200 g/mol. The normalized spacial score (nSPS) is 20.0. The largest absolute Gasteiger partial charge is 0.378 e. The number of benzene rings is 1. The summed E-state index contributed by atoms with van der Waals surface area (Å²) in [5.74, 6) is 0.207. The Bertz CT molecular complexity index is 369. The van der Waals surface area contributed by atoms with Gasteiger partial charge in [-0.2, -0.15) is 0 Å². The average Bonchev–Trinajstić information content (AvgIpc) is 2.68. The Labute approximate surface area is 96.6 Å². The summed E-state index contributed by atoms with van der Waals surface area (Å²) in [7, 11) is 0. The minimum Gasteiger partial charge on any atom is -0.378 e. The van der Waals surface area contributed by atoms with E-state index in [2.05, 4.69) is 6.07 Å². The van der Waals surface area contributed by atoms with Gasteiger partial charge in [-0.1, -0.05) is 17.2 Å². The molecule has 2 nitrogen and oxygen atoms in total. The van der Waals surface area contributed by atoms with Crippen LogP contribution in [0.1, 0.15) is 40.7 Å². The molecule has 1 aliphatic heterocycles. The molecule has 1 heterocycles. The summed E-state index contributed by atoms with van der Waals surface area (Å²) in [6.45, 7) is 4.86. The van der Waals surface area contributed by atoms with Crippen molar-refractivity contribution in [2.75, 3.05) is 6.61 Å². The number of ether oxygens (including phenoxy) is 1. The smallest absolute Gasteiger partial charge is 0.165 e. The molecule has 1 aromatic carbocycles. The van der Waals surface area contributed by atoms with E-state index in [1.165, 1.54) is 0 Å². The van der Waals surface area contributed by atoms with E-state index in [1.54, 1.807) is 0 Å². The first kappa shape index (κ1) is 11.3. The van der Waals surface area contributed by atoms with Crippen LogP contribution < -0.4 is 0 Å². The average molecular weight is 218 g/mol. The molecule has 0 radical (unpaired) electrons. The van der Waals surface area contributed by atoms with Gasteiger partial charge < -0.3 is 4.74 Å². The Morgan fingerprint density at radius 3 is 2.56 bits per heavy atom. The molecule has 2 rings (SSSR count). The quantitative estimate of drug-likeness (QED) is 0.729. The van der Waals surface area contributed by atoms with Crippen molar-refractivity contribution in [3.05, 3.63) is 34.9 Å².